The van der Waals surface area contributed by atoms with Gasteiger partial charge in [0.2, 0.25) is 5.91 Å². The maximum Gasteiger partial charge on any atom is 0.256 e. The summed E-state index contributed by atoms with van der Waals surface area (Å²) in [5, 5.41) is 0. The molecule has 4 nitrogen and oxygen atoms in total. The van der Waals surface area contributed by atoms with Crippen LogP contribution in [0.2, 0.25) is 0 Å². The third-order valence-electron chi connectivity index (χ3n) is 5.74. The molecule has 0 bridgehead atoms. The monoisotopic (exact) mass is 384 g/mol. The molecule has 1 atom stereocenters. The van der Waals surface area contributed by atoms with Crippen LogP contribution in [0.4, 0.5) is 14.5 Å². The average Bonchev–Trinajstić information content (AvgIpc) is 3.03. The van der Waals surface area contributed by atoms with Gasteiger partial charge in [-0.15, -0.1) is 0 Å². The molecule has 6 heteroatoms. The molecule has 0 aromatic heterocycles. The van der Waals surface area contributed by atoms with Gasteiger partial charge in [-0.05, 0) is 49.9 Å². The molecule has 28 heavy (non-hydrogen) atoms. The normalized spacial score (nSPS) is 19.6. The standard InChI is InChI=1S/C22H22F2N2O2/c1-14-12-16-4-2-3-5-20(16)26(14)21(27)15-8-10-25(11-9-15)22(28)18-7-6-17(23)13-19(18)24/h2-7,13-15H,8-12H2,1H3/t14-/m1/s1. The lowest BCUT2D eigenvalue weighted by molar-refractivity contribution is -0.124. The minimum atomic E-state index is -0.856. The number of carbonyl (C=O) groups excluding carboxylic acids is 2. The summed E-state index contributed by atoms with van der Waals surface area (Å²) in [5.41, 5.74) is 2.03. The zero-order chi connectivity index (χ0) is 19.8. The molecule has 2 aromatic carbocycles. The molecule has 0 radical (unpaired) electrons. The number of nitrogens with zero attached hydrogens (tertiary/aromatic N) is 2. The van der Waals surface area contributed by atoms with Crippen LogP contribution in [0.3, 0.4) is 0 Å². The molecular weight excluding hydrogens is 362 g/mol. The summed E-state index contributed by atoms with van der Waals surface area (Å²) in [6.07, 6.45) is 1.93. The van der Waals surface area contributed by atoms with Crippen molar-refractivity contribution in [2.75, 3.05) is 18.0 Å². The van der Waals surface area contributed by atoms with Crippen molar-refractivity contribution in [3.05, 3.63) is 65.2 Å². The number of rotatable bonds is 2. The van der Waals surface area contributed by atoms with E-state index in [1.807, 2.05) is 30.0 Å². The zero-order valence-electron chi connectivity index (χ0n) is 15.7. The highest BCUT2D eigenvalue weighted by Crippen LogP contribution is 2.34. The quantitative estimate of drug-likeness (QED) is 0.790. The fourth-order valence-electron chi connectivity index (χ4n) is 4.26. The molecule has 2 aromatic rings. The van der Waals surface area contributed by atoms with Gasteiger partial charge in [0.05, 0.1) is 5.56 Å². The summed E-state index contributed by atoms with van der Waals surface area (Å²) in [5.74, 6) is -2.08. The molecule has 2 aliphatic heterocycles. The van der Waals surface area contributed by atoms with E-state index in [0.717, 1.165) is 24.2 Å². The van der Waals surface area contributed by atoms with Crippen molar-refractivity contribution < 1.29 is 18.4 Å². The minimum Gasteiger partial charge on any atom is -0.339 e. The first kappa shape index (κ1) is 18.6. The van der Waals surface area contributed by atoms with Crippen LogP contribution >= 0.6 is 0 Å². The van der Waals surface area contributed by atoms with E-state index < -0.39 is 17.5 Å². The van der Waals surface area contributed by atoms with Gasteiger partial charge in [0.1, 0.15) is 11.6 Å². The first-order valence-corrected chi connectivity index (χ1v) is 9.61. The molecule has 1 saturated heterocycles. The molecule has 2 amide bonds. The number of anilines is 1. The third-order valence-corrected chi connectivity index (χ3v) is 5.74. The van der Waals surface area contributed by atoms with Gasteiger partial charge in [0, 0.05) is 36.8 Å². The predicted octanol–water partition coefficient (Wildman–Crippen LogP) is 3.79. The van der Waals surface area contributed by atoms with E-state index in [0.29, 0.717) is 25.9 Å². The van der Waals surface area contributed by atoms with Crippen molar-refractivity contribution in [3.63, 3.8) is 0 Å². The predicted molar refractivity (Wildman–Crippen MR) is 102 cm³/mol. The SMILES string of the molecule is C[C@@H]1Cc2ccccc2N1C(=O)C1CCN(C(=O)c2ccc(F)cc2F)CC1. The molecule has 0 N–H and O–H groups in total. The van der Waals surface area contributed by atoms with Crippen molar-refractivity contribution in [2.45, 2.75) is 32.2 Å². The molecule has 146 valence electrons. The van der Waals surface area contributed by atoms with Crippen LogP contribution in [0, 0.1) is 17.6 Å². The fourth-order valence-corrected chi connectivity index (χ4v) is 4.26. The van der Waals surface area contributed by atoms with Crippen molar-refractivity contribution in [2.24, 2.45) is 5.92 Å². The number of halogens is 2. The molecule has 0 spiro atoms. The number of hydrogen-bond donors (Lipinski definition) is 0. The fraction of sp³-hybridized carbons (Fsp3) is 0.364. The molecule has 0 unspecified atom stereocenters. The molecule has 2 aliphatic rings. The lowest BCUT2D eigenvalue weighted by Gasteiger charge is -2.34. The number of likely N-dealkylation sites (tertiary alicyclic amines) is 1. The largest absolute Gasteiger partial charge is 0.339 e. The van der Waals surface area contributed by atoms with E-state index in [1.165, 1.54) is 11.6 Å². The number of para-hydroxylation sites is 1. The highest BCUT2D eigenvalue weighted by molar-refractivity contribution is 5.98. The zero-order valence-corrected chi connectivity index (χ0v) is 15.7. The summed E-state index contributed by atoms with van der Waals surface area (Å²) in [6.45, 7) is 2.82. The lowest BCUT2D eigenvalue weighted by Crippen LogP contribution is -2.46. The number of fused-ring (bicyclic) bond motifs is 1. The van der Waals surface area contributed by atoms with Crippen LogP contribution in [0.25, 0.3) is 0 Å². The summed E-state index contributed by atoms with van der Waals surface area (Å²) in [4.78, 5) is 29.1. The molecule has 2 heterocycles. The van der Waals surface area contributed by atoms with Crippen LogP contribution in [0.5, 0.6) is 0 Å². The molecular formula is C22H22F2N2O2. The number of amides is 2. The Labute approximate surface area is 162 Å². The Morgan fingerprint density at radius 2 is 1.75 bits per heavy atom. The Hall–Kier alpha value is -2.76. The average molecular weight is 384 g/mol. The van der Waals surface area contributed by atoms with Gasteiger partial charge < -0.3 is 9.80 Å². The third kappa shape index (κ3) is 3.28. The first-order chi connectivity index (χ1) is 13.5. The topological polar surface area (TPSA) is 40.6 Å². The van der Waals surface area contributed by atoms with Gasteiger partial charge in [-0.3, -0.25) is 9.59 Å². The second-order valence-electron chi connectivity index (χ2n) is 7.58. The maximum absolute atomic E-state index is 13.9. The Bertz CT molecular complexity index is 923. The molecule has 4 rings (SSSR count). The van der Waals surface area contributed by atoms with E-state index in [2.05, 4.69) is 6.07 Å². The Morgan fingerprint density at radius 1 is 1.04 bits per heavy atom. The summed E-state index contributed by atoms with van der Waals surface area (Å²) >= 11 is 0. The number of carbonyl (C=O) groups is 2. The van der Waals surface area contributed by atoms with Crippen LogP contribution in [-0.4, -0.2) is 35.8 Å². The van der Waals surface area contributed by atoms with Gasteiger partial charge >= 0.3 is 0 Å². The van der Waals surface area contributed by atoms with Gasteiger partial charge in [-0.2, -0.15) is 0 Å². The van der Waals surface area contributed by atoms with Gasteiger partial charge in [-0.25, -0.2) is 8.78 Å². The van der Waals surface area contributed by atoms with Crippen LogP contribution in [-0.2, 0) is 11.2 Å². The van der Waals surface area contributed by atoms with Crippen molar-refractivity contribution in [1.29, 1.82) is 0 Å². The van der Waals surface area contributed by atoms with E-state index in [1.54, 1.807) is 4.90 Å². The summed E-state index contributed by atoms with van der Waals surface area (Å²) in [7, 11) is 0. The van der Waals surface area contributed by atoms with E-state index in [4.69, 9.17) is 0 Å². The van der Waals surface area contributed by atoms with E-state index in [-0.39, 0.29) is 23.4 Å². The second-order valence-corrected chi connectivity index (χ2v) is 7.58. The maximum atomic E-state index is 13.9. The minimum absolute atomic E-state index is 0.0949. The van der Waals surface area contributed by atoms with Crippen molar-refractivity contribution >= 4 is 17.5 Å². The summed E-state index contributed by atoms with van der Waals surface area (Å²) in [6, 6.07) is 11.1. The second kappa shape index (κ2) is 7.34. The molecule has 0 saturated carbocycles. The molecule has 1 fully saturated rings. The van der Waals surface area contributed by atoms with Crippen LogP contribution in [0.1, 0.15) is 35.7 Å². The van der Waals surface area contributed by atoms with Crippen LogP contribution in [0.15, 0.2) is 42.5 Å². The van der Waals surface area contributed by atoms with Crippen LogP contribution < -0.4 is 4.90 Å². The van der Waals surface area contributed by atoms with Gasteiger partial charge in [0.15, 0.2) is 0 Å². The van der Waals surface area contributed by atoms with E-state index >= 15 is 0 Å². The lowest BCUT2D eigenvalue weighted by atomic mass is 9.94. The smallest absolute Gasteiger partial charge is 0.256 e. The molecule has 0 aliphatic carbocycles. The highest BCUT2D eigenvalue weighted by Gasteiger charge is 2.36. The highest BCUT2D eigenvalue weighted by atomic mass is 19.1. The Kier molecular flexibility index (Phi) is 4.87. The number of hydrogen-bond acceptors (Lipinski definition) is 2. The van der Waals surface area contributed by atoms with E-state index in [9.17, 15) is 18.4 Å². The number of benzene rings is 2. The Balaban J connectivity index is 1.43. The number of piperidine rings is 1. The van der Waals surface area contributed by atoms with Crippen molar-refractivity contribution in [1.82, 2.24) is 4.90 Å². The van der Waals surface area contributed by atoms with Gasteiger partial charge in [0.25, 0.3) is 5.91 Å². The summed E-state index contributed by atoms with van der Waals surface area (Å²) < 4.78 is 27.0. The van der Waals surface area contributed by atoms with Crippen molar-refractivity contribution in [3.8, 4) is 0 Å². The van der Waals surface area contributed by atoms with Gasteiger partial charge in [-0.1, -0.05) is 18.2 Å². The Morgan fingerprint density at radius 3 is 2.46 bits per heavy atom. The first-order valence-electron chi connectivity index (χ1n) is 9.61.